The number of carbonyl (C=O) groups excluding carboxylic acids is 1. The van der Waals surface area contributed by atoms with Gasteiger partial charge in [-0.1, -0.05) is 42.3 Å². The Balaban J connectivity index is 1.65. The summed E-state index contributed by atoms with van der Waals surface area (Å²) in [6, 6.07) is 18.6. The minimum absolute atomic E-state index is 0.0496. The van der Waals surface area contributed by atoms with Gasteiger partial charge in [-0.3, -0.25) is 4.79 Å². The van der Waals surface area contributed by atoms with Crippen LogP contribution in [0.1, 0.15) is 34.3 Å². The van der Waals surface area contributed by atoms with Gasteiger partial charge in [-0.2, -0.15) is 13.2 Å². The minimum Gasteiger partial charge on any atom is -0.368 e. The van der Waals surface area contributed by atoms with Gasteiger partial charge >= 0.3 is 6.18 Å². The maximum atomic E-state index is 14.5. The summed E-state index contributed by atoms with van der Waals surface area (Å²) in [4.78, 5) is 16.2. The molecular formula is C32H34F3N3O4S. The fourth-order valence-electron chi connectivity index (χ4n) is 4.50. The van der Waals surface area contributed by atoms with E-state index >= 15 is 0 Å². The molecule has 2 unspecified atom stereocenters. The van der Waals surface area contributed by atoms with Gasteiger partial charge in [-0.15, -0.1) is 0 Å². The lowest BCUT2D eigenvalue weighted by Gasteiger charge is -2.29. The molecule has 3 aromatic carbocycles. The molecule has 3 aromatic rings. The molecule has 2 N–H and O–H groups in total. The normalized spacial score (nSPS) is 15.6. The number of likely N-dealkylation sites (N-methyl/N-ethyl adjacent to an activating group) is 2. The molecule has 0 aromatic heterocycles. The highest BCUT2D eigenvalue weighted by Gasteiger charge is 2.56. The summed E-state index contributed by atoms with van der Waals surface area (Å²) in [7, 11) is 1.48. The monoisotopic (exact) mass is 613 g/mol. The quantitative estimate of drug-likeness (QED) is 0.321. The molecule has 1 amide bonds. The van der Waals surface area contributed by atoms with E-state index in [-0.39, 0.29) is 28.0 Å². The second kappa shape index (κ2) is 12.8. The first-order chi connectivity index (χ1) is 20.2. The maximum Gasteiger partial charge on any atom is 0.433 e. The first-order valence-corrected chi connectivity index (χ1v) is 15.3. The van der Waals surface area contributed by atoms with Crippen LogP contribution in [-0.4, -0.2) is 75.0 Å². The average molecular weight is 614 g/mol. The molecule has 4 rings (SSSR count). The molecule has 0 aliphatic heterocycles. The highest BCUT2D eigenvalue weighted by Crippen LogP contribution is 2.44. The highest BCUT2D eigenvalue weighted by molar-refractivity contribution is 7.92. The molecule has 0 spiro atoms. The van der Waals surface area contributed by atoms with Crippen molar-refractivity contribution in [1.29, 1.82) is 0 Å². The fraction of sp³-hybridized carbons (Fsp3) is 0.344. The molecule has 7 nitrogen and oxygen atoms in total. The van der Waals surface area contributed by atoms with Gasteiger partial charge in [0.1, 0.15) is 5.37 Å². The zero-order valence-electron chi connectivity index (χ0n) is 24.1. The molecule has 11 heteroatoms. The van der Waals surface area contributed by atoms with Crippen molar-refractivity contribution in [3.8, 4) is 11.8 Å². The molecule has 0 heterocycles. The molecule has 1 saturated carbocycles. The van der Waals surface area contributed by atoms with Gasteiger partial charge in [0, 0.05) is 42.5 Å². The van der Waals surface area contributed by atoms with Gasteiger partial charge in [0.15, 0.2) is 9.84 Å². The van der Waals surface area contributed by atoms with Crippen molar-refractivity contribution in [2.24, 2.45) is 5.92 Å². The number of rotatable bonds is 10. The number of para-hydroxylation sites is 1. The van der Waals surface area contributed by atoms with Crippen LogP contribution in [0.5, 0.6) is 0 Å². The van der Waals surface area contributed by atoms with Crippen molar-refractivity contribution in [3.63, 3.8) is 0 Å². The molecule has 1 aliphatic rings. The Labute approximate surface area is 250 Å². The number of sulfone groups is 1. The smallest absolute Gasteiger partial charge is 0.368 e. The van der Waals surface area contributed by atoms with Crippen LogP contribution in [0.15, 0.2) is 83.8 Å². The molecule has 2 atom stereocenters. The number of nitrogens with zero attached hydrogens (tertiary/aromatic N) is 2. The third kappa shape index (κ3) is 7.39. The van der Waals surface area contributed by atoms with Crippen LogP contribution in [-0.2, 0) is 15.4 Å². The minimum atomic E-state index is -5.23. The van der Waals surface area contributed by atoms with Crippen molar-refractivity contribution in [2.45, 2.75) is 34.9 Å². The predicted octanol–water partition coefficient (Wildman–Crippen LogP) is 4.74. The van der Waals surface area contributed by atoms with E-state index in [0.717, 1.165) is 6.07 Å². The number of amides is 1. The summed E-state index contributed by atoms with van der Waals surface area (Å²) >= 11 is 0. The SMILES string of the molecule is CN(C)CCN(C)C(=O)c1ccc(C#CC(O)(c2ccccc2NC(C2CC2)S(=O)(=O)c2ccccc2)C(F)(F)F)cc1. The average Bonchev–Trinajstić information content (AvgIpc) is 3.82. The number of carbonyl (C=O) groups is 1. The largest absolute Gasteiger partial charge is 0.433 e. The summed E-state index contributed by atoms with van der Waals surface area (Å²) in [5.41, 5.74) is -3.92. The number of aliphatic hydroxyl groups is 1. The van der Waals surface area contributed by atoms with Gasteiger partial charge in [0.2, 0.25) is 0 Å². The highest BCUT2D eigenvalue weighted by atomic mass is 32.2. The maximum absolute atomic E-state index is 14.5. The van der Waals surface area contributed by atoms with Crippen LogP contribution < -0.4 is 5.32 Å². The Morgan fingerprint density at radius 2 is 1.56 bits per heavy atom. The van der Waals surface area contributed by atoms with E-state index in [4.69, 9.17) is 0 Å². The van der Waals surface area contributed by atoms with E-state index in [1.807, 2.05) is 24.9 Å². The van der Waals surface area contributed by atoms with Gasteiger partial charge in [-0.25, -0.2) is 8.42 Å². The number of anilines is 1. The van der Waals surface area contributed by atoms with Crippen LogP contribution in [0.25, 0.3) is 0 Å². The van der Waals surface area contributed by atoms with E-state index in [2.05, 4.69) is 11.2 Å². The van der Waals surface area contributed by atoms with Crippen LogP contribution in [0, 0.1) is 17.8 Å². The van der Waals surface area contributed by atoms with Crippen molar-refractivity contribution in [3.05, 3.63) is 95.6 Å². The standard InChI is InChI=1S/C32H34F3N3O4S/c1-37(2)21-22-38(3)30(39)25-15-13-23(14-16-25)19-20-31(40,32(33,34)35)27-11-7-8-12-28(27)36-29(24-17-18-24)43(41,42)26-9-5-4-6-10-26/h4-16,24,29,36,40H,17-18,21-22H2,1-3H3. The molecule has 0 saturated heterocycles. The first-order valence-electron chi connectivity index (χ1n) is 13.7. The van der Waals surface area contributed by atoms with Crippen molar-refractivity contribution in [2.75, 3.05) is 39.5 Å². The van der Waals surface area contributed by atoms with Crippen LogP contribution >= 0.6 is 0 Å². The zero-order chi connectivity index (χ0) is 31.4. The number of hydrogen-bond donors (Lipinski definition) is 2. The summed E-state index contributed by atoms with van der Waals surface area (Å²) in [5, 5.41) is 12.7. The van der Waals surface area contributed by atoms with Gasteiger partial charge in [0.25, 0.3) is 11.5 Å². The summed E-state index contributed by atoms with van der Waals surface area (Å²) < 4.78 is 70.5. The van der Waals surface area contributed by atoms with Crippen molar-refractivity contribution < 1.29 is 31.5 Å². The van der Waals surface area contributed by atoms with E-state index < -0.39 is 32.6 Å². The number of nitrogens with one attached hydrogen (secondary N) is 1. The van der Waals surface area contributed by atoms with Crippen molar-refractivity contribution >= 4 is 21.4 Å². The summed E-state index contributed by atoms with van der Waals surface area (Å²) in [5.74, 6) is 3.85. The number of halogens is 3. The molecule has 228 valence electrons. The van der Waals surface area contributed by atoms with E-state index in [0.29, 0.717) is 31.5 Å². The van der Waals surface area contributed by atoms with E-state index in [1.165, 1.54) is 54.6 Å². The zero-order valence-corrected chi connectivity index (χ0v) is 24.9. The van der Waals surface area contributed by atoms with Crippen LogP contribution in [0.4, 0.5) is 18.9 Å². The molecule has 43 heavy (non-hydrogen) atoms. The van der Waals surface area contributed by atoms with Gasteiger partial charge in [-0.05, 0) is 81.2 Å². The Bertz CT molecular complexity index is 1600. The Kier molecular flexibility index (Phi) is 9.54. The summed E-state index contributed by atoms with van der Waals surface area (Å²) in [6.07, 6.45) is -4.03. The lowest BCUT2D eigenvalue weighted by molar-refractivity contribution is -0.240. The topological polar surface area (TPSA) is 89.9 Å². The second-order valence-electron chi connectivity index (χ2n) is 10.9. The Morgan fingerprint density at radius 1 is 0.953 bits per heavy atom. The molecular weight excluding hydrogens is 579 g/mol. The van der Waals surface area contributed by atoms with Gasteiger partial charge < -0.3 is 20.2 Å². The third-order valence-corrected chi connectivity index (χ3v) is 9.33. The lowest BCUT2D eigenvalue weighted by Crippen LogP contribution is -2.42. The molecule has 0 radical (unpaired) electrons. The number of benzene rings is 3. The Hall–Kier alpha value is -3.85. The summed E-state index contributed by atoms with van der Waals surface area (Å²) in [6.45, 7) is 1.16. The Morgan fingerprint density at radius 3 is 2.14 bits per heavy atom. The van der Waals surface area contributed by atoms with E-state index in [1.54, 1.807) is 30.1 Å². The van der Waals surface area contributed by atoms with Crippen molar-refractivity contribution in [1.82, 2.24) is 9.80 Å². The van der Waals surface area contributed by atoms with E-state index in [9.17, 15) is 31.5 Å². The lowest BCUT2D eigenvalue weighted by atomic mass is 9.91. The number of hydrogen-bond acceptors (Lipinski definition) is 6. The first kappa shape index (κ1) is 32.1. The van der Waals surface area contributed by atoms with Crippen LogP contribution in [0.3, 0.4) is 0 Å². The fourth-order valence-corrected chi connectivity index (χ4v) is 6.39. The molecule has 1 aliphatic carbocycles. The second-order valence-corrected chi connectivity index (χ2v) is 12.9. The van der Waals surface area contributed by atoms with Crippen LogP contribution in [0.2, 0.25) is 0 Å². The molecule has 0 bridgehead atoms. The predicted molar refractivity (Wildman–Crippen MR) is 159 cm³/mol. The third-order valence-electron chi connectivity index (χ3n) is 7.23. The molecule has 1 fully saturated rings. The van der Waals surface area contributed by atoms with Gasteiger partial charge in [0.05, 0.1) is 4.90 Å². The number of alkyl halides is 3.